The Morgan fingerprint density at radius 1 is 1.21 bits per heavy atom. The molecule has 1 amide bonds. The largest absolute Gasteiger partial charge is 0.311 e. The van der Waals surface area contributed by atoms with E-state index in [-0.39, 0.29) is 5.91 Å². The molecule has 0 heterocycles. The molecule has 0 unspecified atom stereocenters. The fourth-order valence-electron chi connectivity index (χ4n) is 1.72. The van der Waals surface area contributed by atoms with Crippen LogP contribution in [0.4, 0.5) is 5.69 Å². The summed E-state index contributed by atoms with van der Waals surface area (Å²) in [6.45, 7) is 0. The highest BCUT2D eigenvalue weighted by Crippen LogP contribution is 2.21. The van der Waals surface area contributed by atoms with Gasteiger partial charge in [0.15, 0.2) is 0 Å². The van der Waals surface area contributed by atoms with Gasteiger partial charge in [-0.15, -0.1) is 0 Å². The third-order valence-electron chi connectivity index (χ3n) is 2.77. The van der Waals surface area contributed by atoms with Crippen LogP contribution in [0.5, 0.6) is 0 Å². The van der Waals surface area contributed by atoms with Crippen LogP contribution in [0.2, 0.25) is 0 Å². The molecule has 2 rings (SSSR count). The summed E-state index contributed by atoms with van der Waals surface area (Å²) in [5.74, 6) is -0.123. The van der Waals surface area contributed by atoms with Crippen LogP contribution in [0.25, 0.3) is 0 Å². The van der Waals surface area contributed by atoms with Crippen molar-refractivity contribution in [1.29, 1.82) is 5.26 Å². The first-order valence-corrected chi connectivity index (χ1v) is 6.45. The fourth-order valence-corrected chi connectivity index (χ4v) is 2.17. The maximum atomic E-state index is 12.4. The summed E-state index contributed by atoms with van der Waals surface area (Å²) in [5.41, 5.74) is 1.82. The molecule has 3 nitrogen and oxygen atoms in total. The van der Waals surface area contributed by atoms with Crippen LogP contribution in [0.15, 0.2) is 53.0 Å². The van der Waals surface area contributed by atoms with Crippen molar-refractivity contribution in [3.8, 4) is 6.07 Å². The zero-order valence-electron chi connectivity index (χ0n) is 10.3. The van der Waals surface area contributed by atoms with Gasteiger partial charge in [0.25, 0.3) is 5.91 Å². The Balaban J connectivity index is 2.34. The van der Waals surface area contributed by atoms with Gasteiger partial charge in [0, 0.05) is 17.2 Å². The summed E-state index contributed by atoms with van der Waals surface area (Å²) in [5, 5.41) is 8.88. The minimum absolute atomic E-state index is 0.123. The number of nitriles is 1. The molecule has 0 fully saturated rings. The predicted molar refractivity (Wildman–Crippen MR) is 78.0 cm³/mol. The van der Waals surface area contributed by atoms with Gasteiger partial charge in [-0.25, -0.2) is 0 Å². The van der Waals surface area contributed by atoms with E-state index in [1.165, 1.54) is 4.90 Å². The van der Waals surface area contributed by atoms with Crippen LogP contribution in [-0.2, 0) is 0 Å². The Labute approximate surface area is 120 Å². The second kappa shape index (κ2) is 5.68. The zero-order valence-corrected chi connectivity index (χ0v) is 11.9. The number of halogens is 1. The smallest absolute Gasteiger partial charge is 0.259 e. The van der Waals surface area contributed by atoms with Crippen molar-refractivity contribution in [1.82, 2.24) is 0 Å². The first kappa shape index (κ1) is 13.3. The van der Waals surface area contributed by atoms with Gasteiger partial charge in [-0.2, -0.15) is 5.26 Å². The van der Waals surface area contributed by atoms with E-state index in [2.05, 4.69) is 22.0 Å². The molecule has 0 saturated heterocycles. The molecule has 0 N–H and O–H groups in total. The van der Waals surface area contributed by atoms with Crippen molar-refractivity contribution in [2.45, 2.75) is 0 Å². The fraction of sp³-hybridized carbons (Fsp3) is 0.0667. The van der Waals surface area contributed by atoms with Gasteiger partial charge in [0.2, 0.25) is 0 Å². The van der Waals surface area contributed by atoms with Crippen molar-refractivity contribution >= 4 is 27.5 Å². The van der Waals surface area contributed by atoms with E-state index in [0.717, 1.165) is 4.47 Å². The molecule has 0 aliphatic rings. The van der Waals surface area contributed by atoms with Gasteiger partial charge in [0.05, 0.1) is 17.2 Å². The Morgan fingerprint density at radius 3 is 2.63 bits per heavy atom. The van der Waals surface area contributed by atoms with Crippen LogP contribution in [0.1, 0.15) is 15.9 Å². The van der Waals surface area contributed by atoms with E-state index >= 15 is 0 Å². The number of carbonyl (C=O) groups is 1. The highest BCUT2D eigenvalue weighted by Gasteiger charge is 2.15. The molecule has 0 bridgehead atoms. The molecule has 0 aromatic heterocycles. The first-order chi connectivity index (χ1) is 9.13. The number of amides is 1. The molecule has 94 valence electrons. The van der Waals surface area contributed by atoms with Crippen LogP contribution in [-0.4, -0.2) is 13.0 Å². The van der Waals surface area contributed by atoms with Crippen molar-refractivity contribution < 1.29 is 4.79 Å². The Morgan fingerprint density at radius 2 is 1.95 bits per heavy atom. The highest BCUT2D eigenvalue weighted by atomic mass is 79.9. The summed E-state index contributed by atoms with van der Waals surface area (Å²) in [6.07, 6.45) is 0. The molecule has 0 aliphatic carbocycles. The molecule has 4 heteroatoms. The Kier molecular flexibility index (Phi) is 3.98. The molecular formula is C15H11BrN2O. The molecular weight excluding hydrogens is 304 g/mol. The van der Waals surface area contributed by atoms with Crippen LogP contribution in [0.3, 0.4) is 0 Å². The summed E-state index contributed by atoms with van der Waals surface area (Å²) >= 11 is 3.37. The van der Waals surface area contributed by atoms with Gasteiger partial charge in [-0.3, -0.25) is 4.79 Å². The third-order valence-corrected chi connectivity index (χ3v) is 3.46. The van der Waals surface area contributed by atoms with E-state index in [4.69, 9.17) is 5.26 Å². The summed E-state index contributed by atoms with van der Waals surface area (Å²) in [4.78, 5) is 13.9. The number of benzene rings is 2. The van der Waals surface area contributed by atoms with Crippen molar-refractivity contribution in [2.24, 2.45) is 0 Å². The SMILES string of the molecule is CN(C(=O)c1ccccc1Br)c1cccc(C#N)c1. The van der Waals surface area contributed by atoms with E-state index < -0.39 is 0 Å². The quantitative estimate of drug-likeness (QED) is 0.850. The minimum atomic E-state index is -0.123. The number of hydrogen-bond acceptors (Lipinski definition) is 2. The summed E-state index contributed by atoms with van der Waals surface area (Å²) in [6, 6.07) is 16.3. The highest BCUT2D eigenvalue weighted by molar-refractivity contribution is 9.10. The van der Waals surface area contributed by atoms with Crippen molar-refractivity contribution in [2.75, 3.05) is 11.9 Å². The third kappa shape index (κ3) is 2.83. The molecule has 0 radical (unpaired) electrons. The van der Waals surface area contributed by atoms with E-state index in [9.17, 15) is 4.79 Å². The number of nitrogens with zero attached hydrogens (tertiary/aromatic N) is 2. The average Bonchev–Trinajstić information content (AvgIpc) is 2.46. The lowest BCUT2D eigenvalue weighted by atomic mass is 10.1. The van der Waals surface area contributed by atoms with Gasteiger partial charge in [-0.05, 0) is 46.3 Å². The topological polar surface area (TPSA) is 44.1 Å². The maximum Gasteiger partial charge on any atom is 0.259 e. The number of anilines is 1. The Bertz CT molecular complexity index is 661. The summed E-state index contributed by atoms with van der Waals surface area (Å²) in [7, 11) is 1.69. The number of rotatable bonds is 2. The molecule has 0 aliphatic heterocycles. The van der Waals surface area contributed by atoms with E-state index in [1.807, 2.05) is 18.2 Å². The van der Waals surface area contributed by atoms with Crippen molar-refractivity contribution in [3.63, 3.8) is 0 Å². The van der Waals surface area contributed by atoms with Gasteiger partial charge in [-0.1, -0.05) is 18.2 Å². The second-order valence-corrected chi connectivity index (χ2v) is 4.86. The predicted octanol–water partition coefficient (Wildman–Crippen LogP) is 3.60. The molecule has 0 atom stereocenters. The normalized spacial score (nSPS) is 9.74. The molecule has 2 aromatic rings. The lowest BCUT2D eigenvalue weighted by molar-refractivity contribution is 0.0992. The molecule has 2 aromatic carbocycles. The van der Waals surface area contributed by atoms with Gasteiger partial charge in [0.1, 0.15) is 0 Å². The lowest BCUT2D eigenvalue weighted by Crippen LogP contribution is -2.26. The Hall–Kier alpha value is -2.12. The van der Waals surface area contributed by atoms with Gasteiger partial charge < -0.3 is 4.90 Å². The summed E-state index contributed by atoms with van der Waals surface area (Å²) < 4.78 is 0.753. The lowest BCUT2D eigenvalue weighted by Gasteiger charge is -2.18. The second-order valence-electron chi connectivity index (χ2n) is 4.01. The number of hydrogen-bond donors (Lipinski definition) is 0. The van der Waals surface area contributed by atoms with E-state index in [1.54, 1.807) is 37.4 Å². The van der Waals surface area contributed by atoms with Crippen LogP contribution < -0.4 is 4.90 Å². The standard InChI is InChI=1S/C15H11BrN2O/c1-18(12-6-4-5-11(9-12)10-17)15(19)13-7-2-3-8-14(13)16/h2-9H,1H3. The van der Waals surface area contributed by atoms with Crippen molar-refractivity contribution in [3.05, 3.63) is 64.1 Å². The molecule has 0 spiro atoms. The minimum Gasteiger partial charge on any atom is -0.311 e. The van der Waals surface area contributed by atoms with Crippen LogP contribution in [0, 0.1) is 11.3 Å². The average molecular weight is 315 g/mol. The van der Waals surface area contributed by atoms with E-state index in [0.29, 0.717) is 16.8 Å². The van der Waals surface area contributed by atoms with Gasteiger partial charge >= 0.3 is 0 Å². The number of carbonyl (C=O) groups excluding carboxylic acids is 1. The maximum absolute atomic E-state index is 12.4. The molecule has 19 heavy (non-hydrogen) atoms. The first-order valence-electron chi connectivity index (χ1n) is 5.66. The molecule has 0 saturated carbocycles. The zero-order chi connectivity index (χ0) is 13.8. The monoisotopic (exact) mass is 314 g/mol. The van der Waals surface area contributed by atoms with Crippen LogP contribution >= 0.6 is 15.9 Å².